The number of likely N-dealkylation sites (tertiary alicyclic amines) is 1. The Morgan fingerprint density at radius 2 is 2.05 bits per heavy atom. The number of piperidine rings is 1. The Hall–Kier alpha value is -1.15. The minimum atomic E-state index is -0.612. The minimum Gasteiger partial charge on any atom is -0.532 e. The van der Waals surface area contributed by atoms with Crippen LogP contribution in [-0.4, -0.2) is 29.1 Å². The molecule has 2 N–H and O–H groups in total. The molecule has 0 aliphatic carbocycles. The Morgan fingerprint density at radius 3 is 2.62 bits per heavy atom. The molecule has 2 atom stereocenters. The van der Waals surface area contributed by atoms with E-state index in [1.54, 1.807) is 24.0 Å². The van der Waals surface area contributed by atoms with E-state index in [2.05, 4.69) is 6.92 Å². The number of aryl methyl sites for hydroxylation is 1. The molecule has 0 saturated carbocycles. The molecule has 21 heavy (non-hydrogen) atoms. The standard InChI is InChI=1S/C15H17FNO2.Li.H2O/c1-10-3-6-14(17(8-10)15(19)9-18)12-4-5-13(16)11(2)7-12;;/h4-5,7,10,14H,3,6,8H2,1-2H3;;1H2/q-1;+1;. The van der Waals surface area contributed by atoms with Crippen molar-refractivity contribution in [2.45, 2.75) is 32.7 Å². The number of halogens is 1. The normalized spacial score (nSPS) is 21.0. The molecular weight excluding hydrogens is 268 g/mol. The average molecular weight is 287 g/mol. The molecule has 1 fully saturated rings. The molecule has 1 aliphatic heterocycles. The van der Waals surface area contributed by atoms with Gasteiger partial charge in [-0.2, -0.15) is 6.29 Å². The van der Waals surface area contributed by atoms with Gasteiger partial charge in [0.2, 0.25) is 0 Å². The summed E-state index contributed by atoms with van der Waals surface area (Å²) in [6, 6.07) is 4.70. The van der Waals surface area contributed by atoms with Crippen molar-refractivity contribution < 1.29 is 38.3 Å². The molecule has 1 aromatic carbocycles. The van der Waals surface area contributed by atoms with Crippen LogP contribution in [0.1, 0.15) is 36.9 Å². The Labute approximate surface area is 136 Å². The fraction of sp³-hybridized carbons (Fsp3) is 0.467. The average Bonchev–Trinajstić information content (AvgIpc) is 2.41. The number of carbonyl (C=O) groups is 1. The summed E-state index contributed by atoms with van der Waals surface area (Å²) in [6.45, 7) is 4.30. The first-order valence-electron chi connectivity index (χ1n) is 6.47. The second-order valence-electron chi connectivity index (χ2n) is 5.27. The molecule has 1 aliphatic rings. The van der Waals surface area contributed by atoms with E-state index in [0.29, 0.717) is 18.0 Å². The summed E-state index contributed by atoms with van der Waals surface area (Å²) in [5.41, 5.74) is 1.44. The van der Waals surface area contributed by atoms with Crippen molar-refractivity contribution in [1.82, 2.24) is 4.90 Å². The van der Waals surface area contributed by atoms with Crippen LogP contribution in [0.4, 0.5) is 4.39 Å². The number of benzene rings is 1. The molecule has 110 valence electrons. The fourth-order valence-electron chi connectivity index (χ4n) is 2.66. The van der Waals surface area contributed by atoms with Gasteiger partial charge >= 0.3 is 18.9 Å². The van der Waals surface area contributed by atoms with Gasteiger partial charge in [-0.1, -0.05) is 19.1 Å². The van der Waals surface area contributed by atoms with E-state index in [-0.39, 0.29) is 36.2 Å². The van der Waals surface area contributed by atoms with Crippen molar-refractivity contribution in [3.8, 4) is 0 Å². The third-order valence-electron chi connectivity index (χ3n) is 3.73. The zero-order chi connectivity index (χ0) is 14.0. The number of nitrogens with zero attached hydrogens (tertiary/aromatic N) is 1. The predicted octanol–water partition coefficient (Wildman–Crippen LogP) is -1.28. The summed E-state index contributed by atoms with van der Waals surface area (Å²) < 4.78 is 13.3. The predicted molar refractivity (Wildman–Crippen MR) is 73.3 cm³/mol. The van der Waals surface area contributed by atoms with E-state index in [4.69, 9.17) is 0 Å². The largest absolute Gasteiger partial charge is 1.00 e. The molecule has 1 heterocycles. The van der Waals surface area contributed by atoms with Gasteiger partial charge in [0, 0.05) is 6.54 Å². The van der Waals surface area contributed by atoms with E-state index in [0.717, 1.165) is 18.4 Å². The first kappa shape index (κ1) is 19.8. The van der Waals surface area contributed by atoms with E-state index < -0.39 is 5.91 Å². The van der Waals surface area contributed by atoms with Crippen LogP contribution in [0.3, 0.4) is 0 Å². The van der Waals surface area contributed by atoms with Crippen molar-refractivity contribution in [3.05, 3.63) is 35.1 Å². The zero-order valence-electron chi connectivity index (χ0n) is 12.6. The number of carbonyl (C=O) groups excluding carboxylic acids is 2. The third-order valence-corrected chi connectivity index (χ3v) is 3.73. The molecule has 4 nitrogen and oxygen atoms in total. The molecule has 1 amide bonds. The molecule has 6 heteroatoms. The summed E-state index contributed by atoms with van der Waals surface area (Å²) in [5, 5.41) is 0. The van der Waals surface area contributed by atoms with E-state index in [9.17, 15) is 14.0 Å². The van der Waals surface area contributed by atoms with Crippen molar-refractivity contribution in [1.29, 1.82) is 0 Å². The van der Waals surface area contributed by atoms with Crippen LogP contribution in [-0.2, 0) is 9.59 Å². The molecule has 2 unspecified atom stereocenters. The van der Waals surface area contributed by atoms with Crippen LogP contribution in [0.25, 0.3) is 0 Å². The number of rotatable bonds is 2. The van der Waals surface area contributed by atoms with Crippen LogP contribution < -0.4 is 18.9 Å². The molecule has 0 spiro atoms. The fourth-order valence-corrected chi connectivity index (χ4v) is 2.66. The van der Waals surface area contributed by atoms with Crippen LogP contribution in [0.15, 0.2) is 18.2 Å². The monoisotopic (exact) mass is 287 g/mol. The maximum Gasteiger partial charge on any atom is 1.00 e. The maximum absolute atomic E-state index is 13.3. The van der Waals surface area contributed by atoms with Crippen LogP contribution in [0.2, 0.25) is 0 Å². The van der Waals surface area contributed by atoms with Crippen LogP contribution in [0.5, 0.6) is 0 Å². The van der Waals surface area contributed by atoms with Gasteiger partial charge in [-0.05, 0) is 42.9 Å². The van der Waals surface area contributed by atoms with Crippen molar-refractivity contribution in [2.24, 2.45) is 5.92 Å². The van der Waals surface area contributed by atoms with Gasteiger partial charge in [0.1, 0.15) is 11.7 Å². The Morgan fingerprint density at radius 1 is 1.38 bits per heavy atom. The summed E-state index contributed by atoms with van der Waals surface area (Å²) in [6.07, 6.45) is 3.23. The molecule has 0 aromatic heterocycles. The van der Waals surface area contributed by atoms with Gasteiger partial charge in [-0.15, -0.1) is 0 Å². The van der Waals surface area contributed by atoms with Gasteiger partial charge in [-0.3, -0.25) is 0 Å². The SMILES string of the molecule is Cc1cc(C2CCC(C)CN2C(=O)[C-]=O)ccc1F.O.[Li+]. The molecule has 1 saturated heterocycles. The van der Waals surface area contributed by atoms with E-state index in [1.807, 2.05) is 0 Å². The van der Waals surface area contributed by atoms with Gasteiger partial charge in [0.05, 0.1) is 6.04 Å². The molecule has 0 bridgehead atoms. The Bertz CT molecular complexity index is 510. The topological polar surface area (TPSA) is 68.9 Å². The van der Waals surface area contributed by atoms with Crippen LogP contribution in [0, 0.1) is 18.7 Å². The summed E-state index contributed by atoms with van der Waals surface area (Å²) in [4.78, 5) is 23.9. The summed E-state index contributed by atoms with van der Waals surface area (Å²) in [5.74, 6) is -0.499. The van der Waals surface area contributed by atoms with Gasteiger partial charge in [0.25, 0.3) is 0 Å². The maximum atomic E-state index is 13.3. The number of hydrogen-bond donors (Lipinski definition) is 0. The van der Waals surface area contributed by atoms with Gasteiger partial charge in [0.15, 0.2) is 0 Å². The quantitative estimate of drug-likeness (QED) is 0.386. The molecule has 0 radical (unpaired) electrons. The number of amides is 1. The molecular formula is C15H19FLiNO3. The minimum absolute atomic E-state index is 0. The molecule has 1 aromatic rings. The second-order valence-corrected chi connectivity index (χ2v) is 5.27. The Balaban J connectivity index is 0.00000200. The third kappa shape index (κ3) is 4.41. The van der Waals surface area contributed by atoms with E-state index in [1.165, 1.54) is 12.4 Å². The van der Waals surface area contributed by atoms with Crippen molar-refractivity contribution in [3.63, 3.8) is 0 Å². The number of hydrogen-bond acceptors (Lipinski definition) is 2. The van der Waals surface area contributed by atoms with Crippen molar-refractivity contribution in [2.75, 3.05) is 6.54 Å². The summed E-state index contributed by atoms with van der Waals surface area (Å²) in [7, 11) is 0. The van der Waals surface area contributed by atoms with Crippen molar-refractivity contribution >= 4 is 12.2 Å². The Kier molecular flexibility index (Phi) is 7.87. The first-order valence-corrected chi connectivity index (χ1v) is 6.47. The van der Waals surface area contributed by atoms with Gasteiger partial charge < -0.3 is 20.0 Å². The first-order chi connectivity index (χ1) is 9.02. The smallest absolute Gasteiger partial charge is 0.532 e. The summed E-state index contributed by atoms with van der Waals surface area (Å²) >= 11 is 0. The van der Waals surface area contributed by atoms with E-state index >= 15 is 0 Å². The zero-order valence-corrected chi connectivity index (χ0v) is 12.6. The molecule has 2 rings (SSSR count). The second kappa shape index (κ2) is 8.33. The van der Waals surface area contributed by atoms with Gasteiger partial charge in [-0.25, -0.2) is 4.39 Å². The van der Waals surface area contributed by atoms with Crippen LogP contribution >= 0.6 is 0 Å².